The molecule has 8 heteroatoms. The molecule has 6 nitrogen and oxygen atoms in total. The molecule has 0 saturated carbocycles. The van der Waals surface area contributed by atoms with Gasteiger partial charge in [-0.2, -0.15) is 0 Å². The normalized spacial score (nSPS) is 13.0. The summed E-state index contributed by atoms with van der Waals surface area (Å²) in [5.74, 6) is 0.0725. The number of nitro benzene ring substituents is 1. The third-order valence-corrected chi connectivity index (χ3v) is 4.57. The molecule has 0 saturated heterocycles. The topological polar surface area (TPSA) is 72.7 Å². The van der Waals surface area contributed by atoms with Gasteiger partial charge in [-0.25, -0.2) is 0 Å². The molecule has 0 aliphatic rings. The van der Waals surface area contributed by atoms with Crippen molar-refractivity contribution >= 4 is 34.8 Å². The van der Waals surface area contributed by atoms with Gasteiger partial charge in [0.25, 0.3) is 11.6 Å². The number of likely N-dealkylation sites (N-methyl/N-ethyl adjacent to an activating group) is 1. The lowest BCUT2D eigenvalue weighted by atomic mass is 10.1. The maximum Gasteiger partial charge on any atom is 0.269 e. The van der Waals surface area contributed by atoms with Crippen LogP contribution in [0.1, 0.15) is 25.5 Å². The average Bonchev–Trinajstić information content (AvgIpc) is 2.62. The van der Waals surface area contributed by atoms with E-state index in [1.54, 1.807) is 45.2 Å². The zero-order valence-corrected chi connectivity index (χ0v) is 16.0. The Morgan fingerprint density at radius 1 is 1.19 bits per heavy atom. The number of carbonyl (C=O) groups is 1. The van der Waals surface area contributed by atoms with Crippen LogP contribution in [0.15, 0.2) is 42.5 Å². The second-order valence-corrected chi connectivity index (χ2v) is 6.66. The van der Waals surface area contributed by atoms with E-state index in [1.807, 2.05) is 0 Å². The molecule has 2 aromatic carbocycles. The highest BCUT2D eigenvalue weighted by Crippen LogP contribution is 2.29. The van der Waals surface area contributed by atoms with Crippen molar-refractivity contribution in [2.75, 3.05) is 7.05 Å². The van der Waals surface area contributed by atoms with Crippen molar-refractivity contribution in [2.24, 2.45) is 0 Å². The first-order chi connectivity index (χ1) is 12.2. The first kappa shape index (κ1) is 20.0. The number of halogens is 2. The summed E-state index contributed by atoms with van der Waals surface area (Å²) in [6.45, 7) is 3.41. The van der Waals surface area contributed by atoms with Gasteiger partial charge >= 0.3 is 0 Å². The summed E-state index contributed by atoms with van der Waals surface area (Å²) >= 11 is 11.9. The minimum Gasteiger partial charge on any atom is -0.479 e. The van der Waals surface area contributed by atoms with Crippen LogP contribution in [0.4, 0.5) is 5.69 Å². The second kappa shape index (κ2) is 8.38. The lowest BCUT2D eigenvalue weighted by molar-refractivity contribution is -0.384. The van der Waals surface area contributed by atoms with E-state index < -0.39 is 11.0 Å². The molecule has 0 fully saturated rings. The van der Waals surface area contributed by atoms with Crippen molar-refractivity contribution in [2.45, 2.75) is 26.0 Å². The summed E-state index contributed by atoms with van der Waals surface area (Å²) < 4.78 is 5.64. The van der Waals surface area contributed by atoms with Crippen LogP contribution in [0.3, 0.4) is 0 Å². The molecule has 0 N–H and O–H groups in total. The molecule has 0 radical (unpaired) electrons. The smallest absolute Gasteiger partial charge is 0.269 e. The molecule has 0 aromatic heterocycles. The van der Waals surface area contributed by atoms with Crippen LogP contribution in [0.5, 0.6) is 5.75 Å². The summed E-state index contributed by atoms with van der Waals surface area (Å²) in [5, 5.41) is 11.7. The van der Waals surface area contributed by atoms with Gasteiger partial charge in [0.1, 0.15) is 5.75 Å². The lowest BCUT2D eigenvalue weighted by Crippen LogP contribution is -2.39. The van der Waals surface area contributed by atoms with E-state index in [0.29, 0.717) is 21.4 Å². The highest BCUT2D eigenvalue weighted by Gasteiger charge is 2.25. The number of nitrogens with zero attached hydrogens (tertiary/aromatic N) is 2. The maximum absolute atomic E-state index is 12.7. The summed E-state index contributed by atoms with van der Waals surface area (Å²) in [6.07, 6.45) is -0.792. The zero-order chi connectivity index (χ0) is 19.4. The van der Waals surface area contributed by atoms with Crippen molar-refractivity contribution in [3.8, 4) is 5.75 Å². The monoisotopic (exact) mass is 396 g/mol. The number of hydrogen-bond acceptors (Lipinski definition) is 4. The minimum atomic E-state index is -0.792. The quantitative estimate of drug-likeness (QED) is 0.514. The molecule has 26 heavy (non-hydrogen) atoms. The molecule has 2 atom stereocenters. The van der Waals surface area contributed by atoms with Crippen LogP contribution in [0, 0.1) is 10.1 Å². The largest absolute Gasteiger partial charge is 0.479 e. The number of ether oxygens (including phenoxy) is 1. The molecule has 0 bridgehead atoms. The van der Waals surface area contributed by atoms with Gasteiger partial charge in [-0.05, 0) is 37.6 Å². The van der Waals surface area contributed by atoms with Gasteiger partial charge in [-0.15, -0.1) is 0 Å². The van der Waals surface area contributed by atoms with Crippen molar-refractivity contribution in [1.82, 2.24) is 4.90 Å². The van der Waals surface area contributed by atoms with Gasteiger partial charge in [-0.3, -0.25) is 14.9 Å². The number of amides is 1. The van der Waals surface area contributed by atoms with E-state index in [9.17, 15) is 14.9 Å². The van der Waals surface area contributed by atoms with Crippen molar-refractivity contribution in [1.29, 1.82) is 0 Å². The van der Waals surface area contributed by atoms with Gasteiger partial charge in [0.2, 0.25) is 0 Å². The molecule has 2 rings (SSSR count). The highest BCUT2D eigenvalue weighted by molar-refractivity contribution is 6.35. The summed E-state index contributed by atoms with van der Waals surface area (Å²) in [4.78, 5) is 24.6. The first-order valence-corrected chi connectivity index (χ1v) is 8.59. The number of rotatable bonds is 6. The van der Waals surface area contributed by atoms with Gasteiger partial charge in [0, 0.05) is 24.2 Å². The van der Waals surface area contributed by atoms with Crippen molar-refractivity contribution in [3.63, 3.8) is 0 Å². The number of hydrogen-bond donors (Lipinski definition) is 0. The number of benzene rings is 2. The van der Waals surface area contributed by atoms with Gasteiger partial charge in [0.05, 0.1) is 16.0 Å². The summed E-state index contributed by atoms with van der Waals surface area (Å²) in [5.41, 5.74) is 0.638. The van der Waals surface area contributed by atoms with Crippen LogP contribution in [-0.2, 0) is 4.79 Å². The molecule has 0 aliphatic carbocycles. The molecule has 0 heterocycles. The zero-order valence-electron chi connectivity index (χ0n) is 14.5. The second-order valence-electron chi connectivity index (χ2n) is 5.81. The van der Waals surface area contributed by atoms with E-state index in [2.05, 4.69) is 0 Å². The molecule has 1 amide bonds. The van der Waals surface area contributed by atoms with Crippen molar-refractivity contribution < 1.29 is 14.5 Å². The maximum atomic E-state index is 12.7. The van der Waals surface area contributed by atoms with Crippen LogP contribution in [0.25, 0.3) is 0 Å². The number of non-ortho nitro benzene ring substituents is 1. The average molecular weight is 397 g/mol. The SMILES string of the molecule is CC(Oc1ccc(Cl)cc1Cl)C(=O)N(C)C(C)c1cccc([N+](=O)[O-])c1. The Morgan fingerprint density at radius 3 is 2.50 bits per heavy atom. The van der Waals surface area contributed by atoms with E-state index in [4.69, 9.17) is 27.9 Å². The van der Waals surface area contributed by atoms with E-state index in [1.165, 1.54) is 23.1 Å². The molecular formula is C18H18Cl2N2O4. The predicted octanol–water partition coefficient (Wildman–Crippen LogP) is 4.89. The van der Waals surface area contributed by atoms with Crippen LogP contribution < -0.4 is 4.74 Å². The molecule has 0 aliphatic heterocycles. The van der Waals surface area contributed by atoms with Gasteiger partial charge < -0.3 is 9.64 Å². The molecule has 0 spiro atoms. The molecular weight excluding hydrogens is 379 g/mol. The third-order valence-electron chi connectivity index (χ3n) is 4.04. The first-order valence-electron chi connectivity index (χ1n) is 7.83. The van der Waals surface area contributed by atoms with E-state index in [-0.39, 0.29) is 17.6 Å². The van der Waals surface area contributed by atoms with Crippen molar-refractivity contribution in [3.05, 3.63) is 68.2 Å². The fraction of sp³-hybridized carbons (Fsp3) is 0.278. The molecule has 2 aromatic rings. The number of carbonyl (C=O) groups excluding carboxylic acids is 1. The summed E-state index contributed by atoms with van der Waals surface area (Å²) in [6, 6.07) is 10.6. The minimum absolute atomic E-state index is 0.0209. The third kappa shape index (κ3) is 4.65. The Bertz CT molecular complexity index is 829. The fourth-order valence-corrected chi connectivity index (χ4v) is 2.86. The Balaban J connectivity index is 2.12. The van der Waals surface area contributed by atoms with Gasteiger partial charge in [-0.1, -0.05) is 35.3 Å². The van der Waals surface area contributed by atoms with Crippen LogP contribution in [0.2, 0.25) is 10.0 Å². The predicted molar refractivity (Wildman–Crippen MR) is 101 cm³/mol. The Labute approximate surface area is 161 Å². The summed E-state index contributed by atoms with van der Waals surface area (Å²) in [7, 11) is 1.62. The Hall–Kier alpha value is -2.31. The Kier molecular flexibility index (Phi) is 6.45. The van der Waals surface area contributed by atoms with E-state index in [0.717, 1.165) is 0 Å². The standard InChI is InChI=1S/C18H18Cl2N2O4/c1-11(13-5-4-6-15(9-13)22(24)25)21(3)18(23)12(2)26-17-8-7-14(19)10-16(17)20/h4-12H,1-3H3. The molecule has 138 valence electrons. The van der Waals surface area contributed by atoms with Crippen LogP contribution in [-0.4, -0.2) is 28.9 Å². The van der Waals surface area contributed by atoms with Gasteiger partial charge in [0.15, 0.2) is 6.10 Å². The Morgan fingerprint density at radius 2 is 1.88 bits per heavy atom. The van der Waals surface area contributed by atoms with E-state index >= 15 is 0 Å². The number of nitro groups is 1. The fourth-order valence-electron chi connectivity index (χ4n) is 2.41. The highest BCUT2D eigenvalue weighted by atomic mass is 35.5. The molecule has 2 unspecified atom stereocenters. The lowest BCUT2D eigenvalue weighted by Gasteiger charge is -2.28. The van der Waals surface area contributed by atoms with Crippen LogP contribution >= 0.6 is 23.2 Å².